The third-order valence-electron chi connectivity index (χ3n) is 12.3. The smallest absolute Gasteiger partial charge is 0.251 e. The minimum Gasteiger partial charge on any atom is -0.399 e. The van der Waals surface area contributed by atoms with Gasteiger partial charge < -0.3 is 41.0 Å². The van der Waals surface area contributed by atoms with Crippen LogP contribution in [0.1, 0.15) is 90.1 Å². The maximum Gasteiger partial charge on any atom is 0.251 e. The molecule has 0 saturated carbocycles. The van der Waals surface area contributed by atoms with Gasteiger partial charge in [-0.15, -0.1) is 0 Å². The minimum atomic E-state index is -0.774. The molecule has 0 aromatic heterocycles. The molecule has 4 unspecified atom stereocenters. The SMILES string of the molecule is CCC(C)[C@@H]([C@@H](CC(=O)N1CCC[C@H]1[C@H](OC)C(C)C(=O)NC(CNC(=O)c1ccc(N)cc1)Cc1ccccc1)OC)N(C)C(=O)[C@@H](NC(=O)C(C(C)C)N(C)C)C(C)C. The number of likely N-dealkylation sites (tertiary alicyclic amines) is 1. The van der Waals surface area contributed by atoms with E-state index in [9.17, 15) is 24.0 Å². The highest BCUT2D eigenvalue weighted by atomic mass is 16.5. The van der Waals surface area contributed by atoms with Crippen LogP contribution in [0.4, 0.5) is 5.69 Å². The average molecular weight is 850 g/mol. The molecule has 0 spiro atoms. The van der Waals surface area contributed by atoms with Crippen molar-refractivity contribution in [1.82, 2.24) is 30.7 Å². The lowest BCUT2D eigenvalue weighted by Gasteiger charge is -2.41. The lowest BCUT2D eigenvalue weighted by Crippen LogP contribution is -2.59. The molecule has 1 saturated heterocycles. The molecule has 61 heavy (non-hydrogen) atoms. The van der Waals surface area contributed by atoms with E-state index < -0.39 is 42.3 Å². The van der Waals surface area contributed by atoms with Gasteiger partial charge in [-0.1, -0.05) is 85.2 Å². The molecule has 9 atom stereocenters. The maximum absolute atomic E-state index is 14.4. The van der Waals surface area contributed by atoms with Crippen molar-refractivity contribution in [3.63, 3.8) is 0 Å². The predicted molar refractivity (Wildman–Crippen MR) is 240 cm³/mol. The Morgan fingerprint density at radius 1 is 0.852 bits per heavy atom. The highest BCUT2D eigenvalue weighted by molar-refractivity contribution is 5.94. The highest BCUT2D eigenvalue weighted by Gasteiger charge is 2.43. The Morgan fingerprint density at radius 2 is 1.49 bits per heavy atom. The van der Waals surface area contributed by atoms with Crippen LogP contribution in [-0.2, 0) is 35.1 Å². The monoisotopic (exact) mass is 850 g/mol. The van der Waals surface area contributed by atoms with Gasteiger partial charge in [-0.2, -0.15) is 0 Å². The third kappa shape index (κ3) is 14.0. The zero-order valence-electron chi connectivity index (χ0n) is 38.8. The van der Waals surface area contributed by atoms with Crippen LogP contribution in [0.2, 0.25) is 0 Å². The van der Waals surface area contributed by atoms with E-state index in [4.69, 9.17) is 15.2 Å². The zero-order valence-corrected chi connectivity index (χ0v) is 38.8. The van der Waals surface area contributed by atoms with E-state index in [1.54, 1.807) is 62.3 Å². The zero-order chi connectivity index (χ0) is 45.6. The van der Waals surface area contributed by atoms with E-state index in [1.165, 1.54) is 0 Å². The number of nitrogen functional groups attached to an aromatic ring is 1. The number of carbonyl (C=O) groups excluding carboxylic acids is 5. The minimum absolute atomic E-state index is 0.0122. The Bertz CT molecular complexity index is 1700. The second-order valence-corrected chi connectivity index (χ2v) is 17.7. The summed E-state index contributed by atoms with van der Waals surface area (Å²) in [5, 5.41) is 9.17. The van der Waals surface area contributed by atoms with Gasteiger partial charge in [0, 0.05) is 45.6 Å². The second kappa shape index (κ2) is 24.2. The Kier molecular flexibility index (Phi) is 20.2. The van der Waals surface area contributed by atoms with Gasteiger partial charge >= 0.3 is 0 Å². The van der Waals surface area contributed by atoms with Crippen molar-refractivity contribution in [3.05, 3.63) is 65.7 Å². The van der Waals surface area contributed by atoms with Gasteiger partial charge in [-0.25, -0.2) is 0 Å². The molecule has 1 heterocycles. The number of amides is 5. The number of rotatable bonds is 23. The van der Waals surface area contributed by atoms with E-state index in [-0.39, 0.29) is 66.3 Å². The number of likely N-dealkylation sites (N-methyl/N-ethyl adjacent to an activating group) is 2. The lowest BCUT2D eigenvalue weighted by molar-refractivity contribution is -0.148. The third-order valence-corrected chi connectivity index (χ3v) is 12.3. The van der Waals surface area contributed by atoms with Gasteiger partial charge in [0.15, 0.2) is 0 Å². The first-order valence-corrected chi connectivity index (χ1v) is 21.9. The largest absolute Gasteiger partial charge is 0.399 e. The number of hydrogen-bond donors (Lipinski definition) is 4. The number of ether oxygens (including phenoxy) is 2. The molecule has 1 aliphatic heterocycles. The number of anilines is 1. The molecule has 0 bridgehead atoms. The van der Waals surface area contributed by atoms with Crippen molar-refractivity contribution in [3.8, 4) is 0 Å². The van der Waals surface area contributed by atoms with Crippen molar-refractivity contribution in [1.29, 1.82) is 0 Å². The fourth-order valence-electron chi connectivity index (χ4n) is 8.77. The molecule has 5 N–H and O–H groups in total. The van der Waals surface area contributed by atoms with E-state index in [0.717, 1.165) is 18.4 Å². The lowest BCUT2D eigenvalue weighted by atomic mass is 9.89. The van der Waals surface area contributed by atoms with Gasteiger partial charge in [0.1, 0.15) is 6.04 Å². The van der Waals surface area contributed by atoms with Crippen LogP contribution in [0, 0.1) is 23.7 Å². The van der Waals surface area contributed by atoms with Crippen LogP contribution in [-0.4, -0.2) is 135 Å². The summed E-state index contributed by atoms with van der Waals surface area (Å²) in [5.74, 6) is -1.95. The first-order chi connectivity index (χ1) is 28.9. The number of nitrogens with one attached hydrogen (secondary N) is 3. The first kappa shape index (κ1) is 50.8. The molecule has 2 aromatic rings. The molecule has 0 radical (unpaired) electrons. The van der Waals surface area contributed by atoms with Crippen LogP contribution < -0.4 is 21.7 Å². The van der Waals surface area contributed by atoms with Crippen molar-refractivity contribution in [2.24, 2.45) is 23.7 Å². The Hall–Kier alpha value is -4.53. The maximum atomic E-state index is 14.4. The summed E-state index contributed by atoms with van der Waals surface area (Å²) in [6, 6.07) is 14.0. The fourth-order valence-corrected chi connectivity index (χ4v) is 8.77. The van der Waals surface area contributed by atoms with Crippen molar-refractivity contribution < 1.29 is 33.4 Å². The van der Waals surface area contributed by atoms with E-state index in [2.05, 4.69) is 16.0 Å². The second-order valence-electron chi connectivity index (χ2n) is 17.7. The van der Waals surface area contributed by atoms with Crippen molar-refractivity contribution in [2.75, 3.05) is 54.2 Å². The molecule has 1 fully saturated rings. The van der Waals surface area contributed by atoms with Crippen LogP contribution in [0.3, 0.4) is 0 Å². The molecule has 3 rings (SSSR count). The van der Waals surface area contributed by atoms with Gasteiger partial charge in [0.25, 0.3) is 5.91 Å². The molecule has 340 valence electrons. The molecule has 14 heteroatoms. The Labute approximate surface area is 365 Å². The van der Waals surface area contributed by atoms with Gasteiger partial charge in [-0.05, 0) is 80.9 Å². The topological polar surface area (TPSA) is 176 Å². The number of methoxy groups -OCH3 is 2. The van der Waals surface area contributed by atoms with Crippen LogP contribution >= 0.6 is 0 Å². The molecule has 1 aliphatic rings. The first-order valence-electron chi connectivity index (χ1n) is 21.9. The van der Waals surface area contributed by atoms with Crippen LogP contribution in [0.15, 0.2) is 54.6 Å². The molecule has 14 nitrogen and oxygen atoms in total. The van der Waals surface area contributed by atoms with E-state index >= 15 is 0 Å². The summed E-state index contributed by atoms with van der Waals surface area (Å²) in [7, 11) is 8.57. The van der Waals surface area contributed by atoms with E-state index in [0.29, 0.717) is 30.6 Å². The van der Waals surface area contributed by atoms with E-state index in [1.807, 2.05) is 90.9 Å². The summed E-state index contributed by atoms with van der Waals surface area (Å²) in [5.41, 5.74) is 7.83. The summed E-state index contributed by atoms with van der Waals surface area (Å²) in [6.45, 7) is 14.4. The number of hydrogen-bond acceptors (Lipinski definition) is 9. The average Bonchev–Trinajstić information content (AvgIpc) is 3.71. The van der Waals surface area contributed by atoms with Crippen molar-refractivity contribution in [2.45, 2.75) is 123 Å². The summed E-state index contributed by atoms with van der Waals surface area (Å²) >= 11 is 0. The quantitative estimate of drug-likeness (QED) is 0.118. The van der Waals surface area contributed by atoms with Gasteiger partial charge in [0.05, 0.1) is 48.7 Å². The Morgan fingerprint density at radius 3 is 2.03 bits per heavy atom. The molecular formula is C47H75N7O7. The summed E-state index contributed by atoms with van der Waals surface area (Å²) in [4.78, 5) is 74.6. The molecule has 5 amide bonds. The van der Waals surface area contributed by atoms with Gasteiger partial charge in [-0.3, -0.25) is 28.9 Å². The van der Waals surface area contributed by atoms with Crippen molar-refractivity contribution >= 4 is 35.2 Å². The normalized spacial score (nSPS) is 18.1. The molecule has 0 aliphatic carbocycles. The Balaban J connectivity index is 1.78. The fraction of sp³-hybridized carbons (Fsp3) is 0.638. The van der Waals surface area contributed by atoms with Gasteiger partial charge in [0.2, 0.25) is 23.6 Å². The number of nitrogens with zero attached hydrogens (tertiary/aromatic N) is 3. The number of nitrogens with two attached hydrogens (primary N) is 1. The van der Waals surface area contributed by atoms with Crippen LogP contribution in [0.25, 0.3) is 0 Å². The number of carbonyl (C=O) groups is 5. The highest BCUT2D eigenvalue weighted by Crippen LogP contribution is 2.30. The van der Waals surface area contributed by atoms with Crippen LogP contribution in [0.5, 0.6) is 0 Å². The predicted octanol–water partition coefficient (Wildman–Crippen LogP) is 4.37. The molecule has 2 aromatic carbocycles. The molecular weight excluding hydrogens is 775 g/mol. The number of benzene rings is 2. The summed E-state index contributed by atoms with van der Waals surface area (Å²) in [6.07, 6.45) is 1.36. The summed E-state index contributed by atoms with van der Waals surface area (Å²) < 4.78 is 12.1. The standard InChI is InChI=1S/C47H75N7O7/c1-13-31(6)42(53(10)47(59)40(29(2)3)51-46(58)41(30(4)5)52(8)9)38(60-11)27-39(55)54-25-17-20-37(54)43(61-12)32(7)44(56)50-36(26-33-18-15-14-16-19-33)28-49-45(57)34-21-23-35(48)24-22-34/h14-16,18-19,21-24,29-32,36-38,40-43H,13,17,20,25-28,48H2,1-12H3,(H,49,57)(H,50,56)(H,51,58)/t31?,32?,36?,37-,38+,40-,41?,42-,43+/m0/s1.